The van der Waals surface area contributed by atoms with Crippen LogP contribution in [0.2, 0.25) is 0 Å². The fourth-order valence-corrected chi connectivity index (χ4v) is 1.15. The van der Waals surface area contributed by atoms with Crippen molar-refractivity contribution in [2.24, 2.45) is 10.3 Å². The smallest absolute Gasteiger partial charge is 0.231 e. The van der Waals surface area contributed by atoms with E-state index in [1.165, 1.54) is 12.1 Å². The molecule has 1 aromatic carbocycles. The predicted molar refractivity (Wildman–Crippen MR) is 52.3 cm³/mol. The fourth-order valence-electron chi connectivity index (χ4n) is 0.610. The zero-order valence-electron chi connectivity index (χ0n) is 7.03. The van der Waals surface area contributed by atoms with E-state index in [4.69, 9.17) is 13.6 Å². The van der Waals surface area contributed by atoms with Gasteiger partial charge < -0.3 is 0 Å². The van der Waals surface area contributed by atoms with E-state index in [0.717, 1.165) is 0 Å². The van der Waals surface area contributed by atoms with Gasteiger partial charge in [-0.05, 0) is 12.1 Å². The molecule has 0 bridgehead atoms. The summed E-state index contributed by atoms with van der Waals surface area (Å²) in [5.74, 6) is 0. The lowest BCUT2D eigenvalue weighted by Gasteiger charge is -1.93. The van der Waals surface area contributed by atoms with Crippen molar-refractivity contribution in [1.29, 1.82) is 0 Å². The maximum absolute atomic E-state index is 10.6. The number of benzene rings is 1. The highest BCUT2D eigenvalue weighted by Crippen LogP contribution is 2.02. The zero-order chi connectivity index (χ0) is 11.2. The van der Waals surface area contributed by atoms with E-state index in [0.29, 0.717) is 0 Å². The van der Waals surface area contributed by atoms with Crippen LogP contribution in [0.4, 0.5) is 0 Å². The highest BCUT2D eigenvalue weighted by molar-refractivity contribution is 7.89. The first-order valence-corrected chi connectivity index (χ1v) is 6.10. The number of thiol groups is 1. The molecule has 8 heteroatoms. The van der Waals surface area contributed by atoms with Crippen molar-refractivity contribution in [3.63, 3.8) is 0 Å². The quantitative estimate of drug-likeness (QED) is 0.532. The van der Waals surface area contributed by atoms with Crippen LogP contribution in [0.3, 0.4) is 0 Å². The van der Waals surface area contributed by atoms with Crippen molar-refractivity contribution in [2.45, 2.75) is 4.90 Å². The van der Waals surface area contributed by atoms with E-state index in [-0.39, 0.29) is 4.90 Å². The normalized spacial score (nSPS) is 10.5. The summed E-state index contributed by atoms with van der Waals surface area (Å²) in [5.41, 5.74) is 0. The van der Waals surface area contributed by atoms with Crippen LogP contribution in [0, 0.1) is 0 Å². The Morgan fingerprint density at radius 1 is 1.07 bits per heavy atom. The number of primary sulfonamides is 1. The molecule has 0 aromatic heterocycles. The molecule has 6 nitrogen and oxygen atoms in total. The Bertz CT molecular complexity index is 430. The minimum atomic E-state index is -3.50. The first-order valence-electron chi connectivity index (χ1n) is 3.31. The van der Waals surface area contributed by atoms with Crippen LogP contribution >= 0.6 is 0 Å². The van der Waals surface area contributed by atoms with Gasteiger partial charge in [0.05, 0.1) is 4.90 Å². The summed E-state index contributed by atoms with van der Waals surface area (Å²) in [4.78, 5) is 0.148. The highest BCUT2D eigenvalue weighted by Gasteiger charge is 2.03. The minimum absolute atomic E-state index is 0.148. The van der Waals surface area contributed by atoms with Crippen LogP contribution in [0.5, 0.6) is 0 Å². The van der Waals surface area contributed by atoms with Crippen molar-refractivity contribution in [1.82, 2.24) is 0 Å². The lowest BCUT2D eigenvalue weighted by Crippen LogP contribution is -2.11. The number of hydrogen-bond acceptors (Lipinski definition) is 4. The summed E-state index contributed by atoms with van der Waals surface area (Å²) in [7, 11) is -6.12. The maximum atomic E-state index is 10.6. The van der Waals surface area contributed by atoms with E-state index in [1.807, 2.05) is 0 Å². The van der Waals surface area contributed by atoms with Crippen molar-refractivity contribution < 1.29 is 16.8 Å². The van der Waals surface area contributed by atoms with E-state index in [2.05, 4.69) is 5.14 Å². The van der Waals surface area contributed by atoms with Crippen molar-refractivity contribution in [3.8, 4) is 0 Å². The third-order valence-corrected chi connectivity index (χ3v) is 2.00. The molecule has 0 saturated heterocycles. The van der Waals surface area contributed by atoms with Gasteiger partial charge in [-0.3, -0.25) is 0 Å². The van der Waals surface area contributed by atoms with E-state index in [1.54, 1.807) is 18.2 Å². The molecular formula is C6H10N2O4S2. The molecule has 0 aliphatic heterocycles. The molecule has 1 rings (SSSR count). The zero-order valence-corrected chi connectivity index (χ0v) is 8.74. The second-order valence-electron chi connectivity index (χ2n) is 2.14. The van der Waals surface area contributed by atoms with Gasteiger partial charge in [0.2, 0.25) is 10.0 Å². The molecule has 14 heavy (non-hydrogen) atoms. The number of rotatable bonds is 1. The molecule has 0 amide bonds. The summed E-state index contributed by atoms with van der Waals surface area (Å²) in [6.45, 7) is 0. The Morgan fingerprint density at radius 3 is 1.64 bits per heavy atom. The SMILES string of the molecule is NS(=O)(=O)c1ccccc1.N[SH](=O)=O. The lowest BCUT2D eigenvalue weighted by atomic mass is 10.4. The third kappa shape index (κ3) is 6.54. The number of sulfonamides is 1. The van der Waals surface area contributed by atoms with Crippen molar-refractivity contribution in [3.05, 3.63) is 30.3 Å². The first kappa shape index (κ1) is 13.0. The molecule has 0 heterocycles. The van der Waals surface area contributed by atoms with Crippen LogP contribution < -0.4 is 10.3 Å². The Labute approximate surface area is 83.7 Å². The molecule has 4 N–H and O–H groups in total. The van der Waals surface area contributed by atoms with Gasteiger partial charge in [-0.25, -0.2) is 27.1 Å². The van der Waals surface area contributed by atoms with Crippen LogP contribution in [-0.4, -0.2) is 16.8 Å². The summed E-state index contributed by atoms with van der Waals surface area (Å²) in [6.07, 6.45) is 0. The molecule has 0 fully saturated rings. The predicted octanol–water partition coefficient (Wildman–Crippen LogP) is -1.19. The van der Waals surface area contributed by atoms with Crippen molar-refractivity contribution in [2.75, 3.05) is 0 Å². The molecular weight excluding hydrogens is 228 g/mol. The highest BCUT2D eigenvalue weighted by atomic mass is 32.2. The minimum Gasteiger partial charge on any atom is -0.231 e. The number of nitrogens with two attached hydrogens (primary N) is 2. The lowest BCUT2D eigenvalue weighted by molar-refractivity contribution is 0.597. The summed E-state index contributed by atoms with van der Waals surface area (Å²) in [5, 5.41) is 8.89. The fraction of sp³-hybridized carbons (Fsp3) is 0. The van der Waals surface area contributed by atoms with Gasteiger partial charge in [0, 0.05) is 0 Å². The molecule has 0 radical (unpaired) electrons. The Hall–Kier alpha value is -0.960. The van der Waals surface area contributed by atoms with E-state index < -0.39 is 20.9 Å². The standard InChI is InChI=1S/C6H7NO2S.H3NO2S/c7-10(8,9)6-4-2-1-3-5-6;1-4(2)3/h1-5H,(H2,7,8,9);4H,(H2,1,2,3). The van der Waals surface area contributed by atoms with E-state index >= 15 is 0 Å². The van der Waals surface area contributed by atoms with Gasteiger partial charge in [-0.1, -0.05) is 18.2 Å². The Balaban J connectivity index is 0.000000364. The summed E-state index contributed by atoms with van der Waals surface area (Å²) < 4.78 is 38.9. The average molecular weight is 238 g/mol. The monoisotopic (exact) mass is 238 g/mol. The van der Waals surface area contributed by atoms with Crippen LogP contribution in [-0.2, 0) is 20.9 Å². The molecule has 0 saturated carbocycles. The van der Waals surface area contributed by atoms with Crippen LogP contribution in [0.15, 0.2) is 35.2 Å². The number of hydrogen-bond donors (Lipinski definition) is 3. The van der Waals surface area contributed by atoms with Gasteiger partial charge in [-0.2, -0.15) is 0 Å². The summed E-state index contributed by atoms with van der Waals surface area (Å²) >= 11 is 0. The van der Waals surface area contributed by atoms with Gasteiger partial charge in [0.25, 0.3) is 0 Å². The van der Waals surface area contributed by atoms with Crippen LogP contribution in [0.1, 0.15) is 0 Å². The average Bonchev–Trinajstić information content (AvgIpc) is 2.03. The van der Waals surface area contributed by atoms with Gasteiger partial charge >= 0.3 is 0 Å². The first-order chi connectivity index (χ1) is 6.34. The molecule has 0 aliphatic rings. The molecule has 0 aliphatic carbocycles. The van der Waals surface area contributed by atoms with Gasteiger partial charge in [0.15, 0.2) is 10.9 Å². The molecule has 0 atom stereocenters. The van der Waals surface area contributed by atoms with Crippen molar-refractivity contribution >= 4 is 20.9 Å². The second kappa shape index (κ2) is 5.70. The Morgan fingerprint density at radius 2 is 1.43 bits per heavy atom. The topological polar surface area (TPSA) is 120 Å². The molecule has 1 aromatic rings. The largest absolute Gasteiger partial charge is 0.238 e. The third-order valence-electron chi connectivity index (χ3n) is 1.07. The summed E-state index contributed by atoms with van der Waals surface area (Å²) in [6, 6.07) is 7.89. The maximum Gasteiger partial charge on any atom is 0.238 e. The second-order valence-corrected chi connectivity index (χ2v) is 4.28. The van der Waals surface area contributed by atoms with E-state index in [9.17, 15) is 8.42 Å². The molecule has 0 unspecified atom stereocenters. The van der Waals surface area contributed by atoms with Gasteiger partial charge in [-0.15, -0.1) is 0 Å². The molecule has 80 valence electrons. The van der Waals surface area contributed by atoms with Gasteiger partial charge in [0.1, 0.15) is 0 Å². The Kier molecular flexibility index (Phi) is 5.31. The van der Waals surface area contributed by atoms with Crippen LogP contribution in [0.25, 0.3) is 0 Å². The molecule has 0 spiro atoms.